The molecule has 0 spiro atoms. The normalized spacial score (nSPS) is 25.9. The van der Waals surface area contributed by atoms with Crippen LogP contribution >= 0.6 is 0 Å². The zero-order chi connectivity index (χ0) is 9.52. The second kappa shape index (κ2) is 6.20. The highest BCUT2D eigenvalue weighted by molar-refractivity contribution is 4.97. The van der Waals surface area contributed by atoms with Crippen molar-refractivity contribution >= 4 is 0 Å². The molecule has 1 rings (SSSR count). The monoisotopic (exact) mass is 182 g/mol. The summed E-state index contributed by atoms with van der Waals surface area (Å²) in [7, 11) is 0. The van der Waals surface area contributed by atoms with Crippen LogP contribution < -0.4 is 0 Å². The van der Waals surface area contributed by atoms with Gasteiger partial charge in [-0.25, -0.2) is 0 Å². The van der Waals surface area contributed by atoms with E-state index in [0.29, 0.717) is 12.2 Å². The van der Waals surface area contributed by atoms with E-state index in [-0.39, 0.29) is 0 Å². The molecule has 0 aromatic carbocycles. The van der Waals surface area contributed by atoms with Gasteiger partial charge >= 0.3 is 0 Å². The lowest BCUT2D eigenvalue weighted by molar-refractivity contribution is 0.372. The Labute approximate surface area is 82.2 Å². The minimum absolute atomic E-state index is 0.385. The van der Waals surface area contributed by atoms with Crippen LogP contribution in [0.4, 0.5) is 0 Å². The maximum absolute atomic E-state index is 5.38. The Morgan fingerprint density at radius 1 is 1.15 bits per heavy atom. The fourth-order valence-corrected chi connectivity index (χ4v) is 1.72. The van der Waals surface area contributed by atoms with Crippen LogP contribution in [-0.2, 0) is 4.74 Å². The highest BCUT2D eigenvalue weighted by Gasteiger charge is 2.34. The third kappa shape index (κ3) is 4.47. The van der Waals surface area contributed by atoms with Gasteiger partial charge in [0.15, 0.2) is 0 Å². The molecule has 1 heterocycles. The summed E-state index contributed by atoms with van der Waals surface area (Å²) in [6.07, 6.45) is 12.3. The van der Waals surface area contributed by atoms with Crippen molar-refractivity contribution in [1.82, 2.24) is 0 Å². The van der Waals surface area contributed by atoms with Gasteiger partial charge < -0.3 is 4.74 Å². The van der Waals surface area contributed by atoms with Crippen LogP contribution in [-0.4, -0.2) is 12.2 Å². The maximum Gasteiger partial charge on any atom is 0.102 e. The van der Waals surface area contributed by atoms with Gasteiger partial charge in [0, 0.05) is 0 Å². The molecule has 2 atom stereocenters. The zero-order valence-electron chi connectivity index (χ0n) is 8.80. The Kier molecular flexibility index (Phi) is 5.14. The van der Waals surface area contributed by atoms with E-state index >= 15 is 0 Å². The fourth-order valence-electron chi connectivity index (χ4n) is 1.72. The largest absolute Gasteiger partial charge is 0.365 e. The Morgan fingerprint density at radius 2 is 1.85 bits per heavy atom. The van der Waals surface area contributed by atoms with Crippen molar-refractivity contribution in [2.24, 2.45) is 0 Å². The van der Waals surface area contributed by atoms with Crippen LogP contribution in [0.15, 0.2) is 12.7 Å². The fraction of sp³-hybridized carbons (Fsp3) is 0.833. The third-order valence-electron chi connectivity index (χ3n) is 2.70. The van der Waals surface area contributed by atoms with Crippen molar-refractivity contribution in [2.75, 3.05) is 0 Å². The van der Waals surface area contributed by atoms with Gasteiger partial charge in [0.1, 0.15) is 6.10 Å². The van der Waals surface area contributed by atoms with Gasteiger partial charge in [0.25, 0.3) is 0 Å². The number of epoxide rings is 1. The molecule has 0 saturated carbocycles. The second-order valence-electron chi connectivity index (χ2n) is 3.93. The molecule has 1 nitrogen and oxygen atoms in total. The van der Waals surface area contributed by atoms with E-state index in [9.17, 15) is 0 Å². The molecule has 0 bridgehead atoms. The minimum atomic E-state index is 0.385. The van der Waals surface area contributed by atoms with Crippen LogP contribution in [0, 0.1) is 0 Å². The summed E-state index contributed by atoms with van der Waals surface area (Å²) >= 11 is 0. The van der Waals surface area contributed by atoms with E-state index in [2.05, 4.69) is 13.5 Å². The van der Waals surface area contributed by atoms with Gasteiger partial charge in [-0.3, -0.25) is 0 Å². The molecule has 1 saturated heterocycles. The number of ether oxygens (including phenoxy) is 1. The van der Waals surface area contributed by atoms with Crippen molar-refractivity contribution in [3.05, 3.63) is 12.7 Å². The average molecular weight is 182 g/mol. The first-order valence-electron chi connectivity index (χ1n) is 5.66. The van der Waals surface area contributed by atoms with E-state index in [1.165, 1.54) is 44.9 Å². The molecule has 13 heavy (non-hydrogen) atoms. The topological polar surface area (TPSA) is 12.5 Å². The molecule has 1 aliphatic heterocycles. The smallest absolute Gasteiger partial charge is 0.102 e. The third-order valence-corrected chi connectivity index (χ3v) is 2.70. The summed E-state index contributed by atoms with van der Waals surface area (Å²) in [6, 6.07) is 0. The van der Waals surface area contributed by atoms with Gasteiger partial charge in [-0.1, -0.05) is 51.5 Å². The Bertz CT molecular complexity index is 142. The standard InChI is InChI=1S/C12H22O/c1-3-5-6-7-8-9-10-12-11(4-2)13-12/h4,11-12H,2-3,5-10H2,1H3/t11-,12+/m0/s1. The molecule has 0 N–H and O–H groups in total. The highest BCUT2D eigenvalue weighted by atomic mass is 16.6. The molecule has 0 aliphatic carbocycles. The predicted molar refractivity (Wildman–Crippen MR) is 56.9 cm³/mol. The van der Waals surface area contributed by atoms with E-state index in [1.54, 1.807) is 0 Å². The Balaban J connectivity index is 1.77. The molecule has 76 valence electrons. The van der Waals surface area contributed by atoms with Crippen LogP contribution in [0.3, 0.4) is 0 Å². The zero-order valence-corrected chi connectivity index (χ0v) is 8.80. The molecule has 0 aromatic heterocycles. The van der Waals surface area contributed by atoms with E-state index < -0.39 is 0 Å². The lowest BCUT2D eigenvalue weighted by Gasteiger charge is -1.98. The van der Waals surface area contributed by atoms with Crippen molar-refractivity contribution in [2.45, 2.75) is 64.1 Å². The van der Waals surface area contributed by atoms with Crippen molar-refractivity contribution in [3.8, 4) is 0 Å². The first-order valence-corrected chi connectivity index (χ1v) is 5.66. The van der Waals surface area contributed by atoms with Crippen LogP contribution in [0.5, 0.6) is 0 Å². The Morgan fingerprint density at radius 3 is 2.46 bits per heavy atom. The summed E-state index contributed by atoms with van der Waals surface area (Å²) in [4.78, 5) is 0. The van der Waals surface area contributed by atoms with Gasteiger partial charge in [-0.05, 0) is 6.42 Å². The summed E-state index contributed by atoms with van der Waals surface area (Å²) in [5, 5.41) is 0. The maximum atomic E-state index is 5.38. The Hall–Kier alpha value is -0.300. The number of unbranched alkanes of at least 4 members (excludes halogenated alkanes) is 5. The van der Waals surface area contributed by atoms with Gasteiger partial charge in [0.2, 0.25) is 0 Å². The molecule has 0 unspecified atom stereocenters. The summed E-state index contributed by atoms with van der Waals surface area (Å²) in [5.41, 5.74) is 0. The van der Waals surface area contributed by atoms with Crippen LogP contribution in [0.25, 0.3) is 0 Å². The van der Waals surface area contributed by atoms with E-state index in [4.69, 9.17) is 4.74 Å². The average Bonchev–Trinajstić information content (AvgIpc) is 2.90. The van der Waals surface area contributed by atoms with Gasteiger partial charge in [-0.2, -0.15) is 0 Å². The molecule has 0 radical (unpaired) electrons. The molecule has 0 aromatic rings. The van der Waals surface area contributed by atoms with Crippen LogP contribution in [0.2, 0.25) is 0 Å². The molecule has 1 heteroatoms. The summed E-state index contributed by atoms with van der Waals surface area (Å²) in [6.45, 7) is 5.97. The summed E-state index contributed by atoms with van der Waals surface area (Å²) < 4.78 is 5.38. The molecular formula is C12H22O. The lowest BCUT2D eigenvalue weighted by Crippen LogP contribution is -1.90. The molecule has 1 aliphatic rings. The number of hydrogen-bond donors (Lipinski definition) is 0. The second-order valence-corrected chi connectivity index (χ2v) is 3.93. The van der Waals surface area contributed by atoms with Gasteiger partial charge in [0.05, 0.1) is 6.10 Å². The van der Waals surface area contributed by atoms with Gasteiger partial charge in [-0.15, -0.1) is 6.58 Å². The quantitative estimate of drug-likeness (QED) is 0.317. The predicted octanol–water partition coefficient (Wildman–Crippen LogP) is 3.69. The van der Waals surface area contributed by atoms with Crippen molar-refractivity contribution in [1.29, 1.82) is 0 Å². The summed E-state index contributed by atoms with van der Waals surface area (Å²) in [5.74, 6) is 0. The van der Waals surface area contributed by atoms with Crippen molar-refractivity contribution < 1.29 is 4.74 Å². The minimum Gasteiger partial charge on any atom is -0.365 e. The SMILES string of the molecule is C=C[C@@H]1O[C@@H]1CCCCCCCC. The van der Waals surface area contributed by atoms with Crippen LogP contribution in [0.1, 0.15) is 51.9 Å². The number of rotatable bonds is 8. The van der Waals surface area contributed by atoms with E-state index in [0.717, 1.165) is 0 Å². The molecular weight excluding hydrogens is 160 g/mol. The number of hydrogen-bond acceptors (Lipinski definition) is 1. The lowest BCUT2D eigenvalue weighted by atomic mass is 10.1. The first kappa shape index (κ1) is 10.8. The van der Waals surface area contributed by atoms with E-state index in [1.807, 2.05) is 6.08 Å². The highest BCUT2D eigenvalue weighted by Crippen LogP contribution is 2.27. The molecule has 0 amide bonds. The molecule has 1 fully saturated rings. The van der Waals surface area contributed by atoms with Crippen molar-refractivity contribution in [3.63, 3.8) is 0 Å². The first-order chi connectivity index (χ1) is 6.38.